The fraction of sp³-hybridized carbons (Fsp3) is 0.844. The van der Waals surface area contributed by atoms with E-state index in [1.54, 1.807) is 0 Å². The average Bonchev–Trinajstić information content (AvgIpc) is 2.88. The summed E-state index contributed by atoms with van der Waals surface area (Å²) >= 11 is 0. The van der Waals surface area contributed by atoms with Gasteiger partial charge in [-0.25, -0.2) is 13.0 Å². The van der Waals surface area contributed by atoms with Gasteiger partial charge in [0, 0.05) is 18.1 Å². The molecule has 0 fully saturated rings. The topological polar surface area (TPSA) is 70.3 Å². The van der Waals surface area contributed by atoms with Gasteiger partial charge in [-0.15, -0.1) is 0 Å². The summed E-state index contributed by atoms with van der Waals surface area (Å²) in [5.74, 6) is 0. The van der Waals surface area contributed by atoms with E-state index in [9.17, 15) is 13.0 Å². The maximum Gasteiger partial charge on any atom is 0.217 e. The Morgan fingerprint density at radius 1 is 0.658 bits per heavy atom. The van der Waals surface area contributed by atoms with Crippen LogP contribution in [0.1, 0.15) is 161 Å². The number of rotatable bonds is 25. The van der Waals surface area contributed by atoms with Crippen LogP contribution in [0.15, 0.2) is 24.5 Å². The standard InChI is InChI=1S/C18H38O4S.C14H24N/c1-2-3-4-5-6-7-8-9-10-11-12-13-14-15-16-17-18-22-23(19,20)21;1-3-4-5-6-7-8-11-15-12-9-10-14(2)13-15/h2-18H2,1H3,(H,19,20,21);9-10,12-13H,3-8,11H2,1-2H3/q;+1/p-1. The molecule has 1 aromatic heterocycles. The first-order valence-electron chi connectivity index (χ1n) is 15.9. The van der Waals surface area contributed by atoms with Crippen LogP contribution in [0.4, 0.5) is 0 Å². The molecule has 0 saturated heterocycles. The van der Waals surface area contributed by atoms with Crippen molar-refractivity contribution >= 4 is 10.4 Å². The number of aromatic nitrogens is 1. The third kappa shape index (κ3) is 29.6. The second-order valence-electron chi connectivity index (χ2n) is 10.9. The molecule has 0 aliphatic heterocycles. The molecule has 1 rings (SSSR count). The average molecular weight is 556 g/mol. The molecule has 0 bridgehead atoms. The van der Waals surface area contributed by atoms with Crippen molar-refractivity contribution < 1.29 is 21.7 Å². The van der Waals surface area contributed by atoms with Crippen LogP contribution in [0.2, 0.25) is 0 Å². The minimum atomic E-state index is -4.49. The van der Waals surface area contributed by atoms with Crippen LogP contribution < -0.4 is 4.57 Å². The highest BCUT2D eigenvalue weighted by atomic mass is 32.3. The number of hydrogen-bond donors (Lipinski definition) is 0. The van der Waals surface area contributed by atoms with Gasteiger partial charge < -0.3 is 4.55 Å². The fourth-order valence-corrected chi connectivity index (χ4v) is 5.00. The summed E-state index contributed by atoms with van der Waals surface area (Å²) in [7, 11) is -4.49. The van der Waals surface area contributed by atoms with E-state index in [4.69, 9.17) is 0 Å². The predicted molar refractivity (Wildman–Crippen MR) is 160 cm³/mol. The minimum absolute atomic E-state index is 0.0320. The van der Waals surface area contributed by atoms with Crippen LogP contribution in [-0.2, 0) is 21.1 Å². The molecule has 0 spiro atoms. The summed E-state index contributed by atoms with van der Waals surface area (Å²) in [5.41, 5.74) is 1.35. The normalized spacial score (nSPS) is 11.4. The van der Waals surface area contributed by atoms with Crippen LogP contribution in [0.25, 0.3) is 0 Å². The molecule has 0 N–H and O–H groups in total. The van der Waals surface area contributed by atoms with Crippen molar-refractivity contribution in [3.63, 3.8) is 0 Å². The lowest BCUT2D eigenvalue weighted by Crippen LogP contribution is -2.32. The Morgan fingerprint density at radius 3 is 1.45 bits per heavy atom. The summed E-state index contributed by atoms with van der Waals surface area (Å²) in [6.45, 7) is 7.88. The van der Waals surface area contributed by atoms with Crippen LogP contribution in [-0.4, -0.2) is 19.6 Å². The molecular weight excluding hydrogens is 494 g/mol. The lowest BCUT2D eigenvalue weighted by atomic mass is 10.0. The molecule has 6 heteroatoms. The van der Waals surface area contributed by atoms with Gasteiger partial charge >= 0.3 is 0 Å². The molecule has 0 unspecified atom stereocenters. The van der Waals surface area contributed by atoms with Gasteiger partial charge in [-0.3, -0.25) is 4.18 Å². The van der Waals surface area contributed by atoms with Crippen LogP contribution in [0, 0.1) is 6.92 Å². The smallest absolute Gasteiger partial charge is 0.217 e. The maximum atomic E-state index is 10.2. The van der Waals surface area contributed by atoms with Gasteiger partial charge in [0.1, 0.15) is 6.54 Å². The molecule has 1 aromatic rings. The second-order valence-corrected chi connectivity index (χ2v) is 12.0. The van der Waals surface area contributed by atoms with Crippen molar-refractivity contribution in [3.8, 4) is 0 Å². The van der Waals surface area contributed by atoms with Gasteiger partial charge in [-0.05, 0) is 25.8 Å². The number of nitrogens with zero attached hydrogens (tertiary/aromatic N) is 1. The Kier molecular flexibility index (Phi) is 26.9. The van der Waals surface area contributed by atoms with Crippen molar-refractivity contribution in [3.05, 3.63) is 30.1 Å². The summed E-state index contributed by atoms with van der Waals surface area (Å²) in [5, 5.41) is 0. The van der Waals surface area contributed by atoms with Gasteiger partial charge in [0.05, 0.1) is 6.61 Å². The monoisotopic (exact) mass is 555 g/mol. The van der Waals surface area contributed by atoms with Crippen molar-refractivity contribution in [2.24, 2.45) is 0 Å². The highest BCUT2D eigenvalue weighted by Crippen LogP contribution is 2.13. The van der Waals surface area contributed by atoms with Gasteiger partial charge in [-0.1, -0.05) is 136 Å². The predicted octanol–water partition coefficient (Wildman–Crippen LogP) is 9.37. The third-order valence-electron chi connectivity index (χ3n) is 7.00. The zero-order chi connectivity index (χ0) is 28.2. The van der Waals surface area contributed by atoms with Gasteiger partial charge in [0.25, 0.3) is 0 Å². The van der Waals surface area contributed by atoms with Crippen molar-refractivity contribution in [2.75, 3.05) is 6.61 Å². The highest BCUT2D eigenvalue weighted by Gasteiger charge is 2.00. The molecule has 0 atom stereocenters. The Morgan fingerprint density at radius 2 is 1.05 bits per heavy atom. The third-order valence-corrected chi connectivity index (χ3v) is 7.46. The lowest BCUT2D eigenvalue weighted by molar-refractivity contribution is -0.697. The van der Waals surface area contributed by atoms with Gasteiger partial charge in [0.15, 0.2) is 12.4 Å². The SMILES string of the molecule is CCCCCCCCCCCCCCCCCCOS(=O)(=O)[O-].CCCCCCCC[n+]1cccc(C)c1. The summed E-state index contributed by atoms with van der Waals surface area (Å²) in [4.78, 5) is 0. The molecule has 0 aliphatic carbocycles. The van der Waals surface area contributed by atoms with E-state index in [-0.39, 0.29) is 6.61 Å². The van der Waals surface area contributed by atoms with Gasteiger partial charge in [0.2, 0.25) is 10.4 Å². The van der Waals surface area contributed by atoms with Gasteiger partial charge in [-0.2, -0.15) is 0 Å². The maximum absolute atomic E-state index is 10.2. The molecule has 0 aliphatic rings. The van der Waals surface area contributed by atoms with E-state index >= 15 is 0 Å². The van der Waals surface area contributed by atoms with E-state index < -0.39 is 10.4 Å². The molecule has 38 heavy (non-hydrogen) atoms. The zero-order valence-corrected chi connectivity index (χ0v) is 26.1. The molecule has 0 saturated carbocycles. The van der Waals surface area contributed by atoms with Crippen LogP contribution in [0.5, 0.6) is 0 Å². The first-order chi connectivity index (χ1) is 18.4. The largest absolute Gasteiger partial charge is 0.726 e. The van der Waals surface area contributed by atoms with Crippen molar-refractivity contribution in [1.29, 1.82) is 0 Å². The first-order valence-corrected chi connectivity index (χ1v) is 17.3. The molecular formula is C32H61NO4S. The van der Waals surface area contributed by atoms with Crippen molar-refractivity contribution in [2.45, 2.75) is 169 Å². The molecule has 224 valence electrons. The van der Waals surface area contributed by atoms with E-state index in [0.29, 0.717) is 6.42 Å². The van der Waals surface area contributed by atoms with E-state index in [1.807, 2.05) is 0 Å². The molecule has 1 heterocycles. The van der Waals surface area contributed by atoms with Crippen LogP contribution >= 0.6 is 0 Å². The second kappa shape index (κ2) is 27.6. The number of hydrogen-bond acceptors (Lipinski definition) is 4. The molecule has 0 aromatic carbocycles. The van der Waals surface area contributed by atoms with E-state index in [1.165, 1.54) is 134 Å². The van der Waals surface area contributed by atoms with Crippen LogP contribution in [0.3, 0.4) is 0 Å². The summed E-state index contributed by atoms with van der Waals surface area (Å²) in [6.07, 6.45) is 33.0. The Bertz CT molecular complexity index is 724. The first kappa shape index (κ1) is 37.0. The number of unbranched alkanes of at least 4 members (excludes halogenated alkanes) is 20. The Balaban J connectivity index is 0.000000784. The number of aryl methyl sites for hydroxylation is 2. The van der Waals surface area contributed by atoms with E-state index in [0.717, 1.165) is 12.8 Å². The molecule has 5 nitrogen and oxygen atoms in total. The van der Waals surface area contributed by atoms with E-state index in [2.05, 4.69) is 54.0 Å². The zero-order valence-electron chi connectivity index (χ0n) is 25.3. The highest BCUT2D eigenvalue weighted by molar-refractivity contribution is 7.80. The quantitative estimate of drug-likeness (QED) is 0.0521. The molecule has 0 amide bonds. The fourth-order valence-electron chi connectivity index (χ4n) is 4.68. The number of pyridine rings is 1. The Hall–Kier alpha value is -0.980. The minimum Gasteiger partial charge on any atom is -0.726 e. The molecule has 0 radical (unpaired) electrons. The van der Waals surface area contributed by atoms with Crippen molar-refractivity contribution in [1.82, 2.24) is 0 Å². The summed E-state index contributed by atoms with van der Waals surface area (Å²) < 4.78 is 37.1. The Labute approximate surface area is 237 Å². The summed E-state index contributed by atoms with van der Waals surface area (Å²) in [6, 6.07) is 4.28. The lowest BCUT2D eigenvalue weighted by Gasteiger charge is -2.07.